The summed E-state index contributed by atoms with van der Waals surface area (Å²) >= 11 is 0. The van der Waals surface area contributed by atoms with E-state index < -0.39 is 34.7 Å². The Balaban J connectivity index is 3.57. The van der Waals surface area contributed by atoms with Crippen LogP contribution in [0.15, 0.2) is 11.2 Å². The van der Waals surface area contributed by atoms with Crippen molar-refractivity contribution in [3.8, 4) is 0 Å². The van der Waals surface area contributed by atoms with Gasteiger partial charge in [-0.15, -0.1) is 0 Å². The standard InChI is InChI=1S/C7H2F3N3O2/c8-3-1-2(7(14)15)4(9)5(10)6(3)12-13-11/h1H,(H,14,15). The van der Waals surface area contributed by atoms with Crippen molar-refractivity contribution in [1.82, 2.24) is 0 Å². The largest absolute Gasteiger partial charge is 0.478 e. The van der Waals surface area contributed by atoms with Gasteiger partial charge >= 0.3 is 5.97 Å². The predicted octanol–water partition coefficient (Wildman–Crippen LogP) is 2.74. The van der Waals surface area contributed by atoms with Crippen LogP contribution in [0.25, 0.3) is 10.4 Å². The van der Waals surface area contributed by atoms with Crippen LogP contribution < -0.4 is 0 Å². The van der Waals surface area contributed by atoms with Crippen LogP contribution >= 0.6 is 0 Å². The molecule has 0 amide bonds. The molecule has 0 saturated carbocycles. The first-order valence-electron chi connectivity index (χ1n) is 3.45. The van der Waals surface area contributed by atoms with Crippen LogP contribution in [0.5, 0.6) is 0 Å². The lowest BCUT2D eigenvalue weighted by Crippen LogP contribution is -2.04. The average Bonchev–Trinajstić information content (AvgIpc) is 2.18. The van der Waals surface area contributed by atoms with Gasteiger partial charge in [0.25, 0.3) is 0 Å². The fraction of sp³-hybridized carbons (Fsp3) is 0. The van der Waals surface area contributed by atoms with Gasteiger partial charge in [-0.3, -0.25) is 0 Å². The van der Waals surface area contributed by atoms with E-state index in [-0.39, 0.29) is 6.07 Å². The van der Waals surface area contributed by atoms with E-state index in [9.17, 15) is 18.0 Å². The zero-order valence-electron chi connectivity index (χ0n) is 6.91. The normalized spacial score (nSPS) is 9.53. The van der Waals surface area contributed by atoms with Crippen LogP contribution in [-0.4, -0.2) is 11.1 Å². The number of benzene rings is 1. The molecule has 1 aromatic rings. The van der Waals surface area contributed by atoms with E-state index >= 15 is 0 Å². The molecule has 8 heteroatoms. The van der Waals surface area contributed by atoms with Crippen molar-refractivity contribution in [2.24, 2.45) is 5.11 Å². The van der Waals surface area contributed by atoms with Gasteiger partial charge in [0, 0.05) is 4.91 Å². The number of rotatable bonds is 2. The van der Waals surface area contributed by atoms with Gasteiger partial charge in [0.15, 0.2) is 11.6 Å². The maximum Gasteiger partial charge on any atom is 0.338 e. The highest BCUT2D eigenvalue weighted by molar-refractivity contribution is 5.88. The Morgan fingerprint density at radius 3 is 2.47 bits per heavy atom. The Bertz CT molecular complexity index is 483. The predicted molar refractivity (Wildman–Crippen MR) is 42.1 cm³/mol. The van der Waals surface area contributed by atoms with E-state index in [1.165, 1.54) is 0 Å². The number of hydrogen-bond acceptors (Lipinski definition) is 2. The molecular weight excluding hydrogens is 215 g/mol. The van der Waals surface area contributed by atoms with E-state index in [1.54, 1.807) is 0 Å². The van der Waals surface area contributed by atoms with Crippen LogP contribution in [0.4, 0.5) is 18.9 Å². The lowest BCUT2D eigenvalue weighted by Gasteiger charge is -2.02. The summed E-state index contributed by atoms with van der Waals surface area (Å²) < 4.78 is 38.7. The number of azide groups is 1. The highest BCUT2D eigenvalue weighted by atomic mass is 19.2. The summed E-state index contributed by atoms with van der Waals surface area (Å²) in [5, 5.41) is 10.9. The first-order chi connectivity index (χ1) is 6.99. The SMILES string of the molecule is [N-]=[N+]=Nc1c(F)cc(C(=O)O)c(F)c1F. The average molecular weight is 217 g/mol. The second-order valence-corrected chi connectivity index (χ2v) is 2.38. The summed E-state index contributed by atoms with van der Waals surface area (Å²) in [4.78, 5) is 12.4. The molecule has 1 N–H and O–H groups in total. The fourth-order valence-electron chi connectivity index (χ4n) is 0.877. The van der Waals surface area contributed by atoms with E-state index in [1.807, 2.05) is 0 Å². The van der Waals surface area contributed by atoms with Crippen molar-refractivity contribution in [2.75, 3.05) is 0 Å². The molecule has 0 radical (unpaired) electrons. The van der Waals surface area contributed by atoms with Crippen molar-refractivity contribution < 1.29 is 23.1 Å². The van der Waals surface area contributed by atoms with Crippen LogP contribution in [0.2, 0.25) is 0 Å². The van der Waals surface area contributed by atoms with Gasteiger partial charge in [-0.2, -0.15) is 0 Å². The Hall–Kier alpha value is -2.21. The molecule has 78 valence electrons. The third-order valence-electron chi connectivity index (χ3n) is 1.51. The van der Waals surface area contributed by atoms with Gasteiger partial charge in [-0.1, -0.05) is 5.11 Å². The molecule has 0 aliphatic heterocycles. The van der Waals surface area contributed by atoms with E-state index in [4.69, 9.17) is 10.6 Å². The van der Waals surface area contributed by atoms with Crippen LogP contribution in [-0.2, 0) is 0 Å². The Morgan fingerprint density at radius 1 is 1.40 bits per heavy atom. The smallest absolute Gasteiger partial charge is 0.338 e. The Labute approximate surface area is 80.4 Å². The number of carbonyl (C=O) groups is 1. The second kappa shape index (κ2) is 3.89. The molecule has 5 nitrogen and oxygen atoms in total. The molecular formula is C7H2F3N3O2. The highest BCUT2D eigenvalue weighted by Gasteiger charge is 2.21. The van der Waals surface area contributed by atoms with Crippen molar-refractivity contribution in [3.05, 3.63) is 39.5 Å². The lowest BCUT2D eigenvalue weighted by molar-refractivity contribution is 0.0690. The van der Waals surface area contributed by atoms with Crippen LogP contribution in [0, 0.1) is 17.5 Å². The van der Waals surface area contributed by atoms with Crippen molar-refractivity contribution in [2.45, 2.75) is 0 Å². The summed E-state index contributed by atoms with van der Waals surface area (Å²) in [6.07, 6.45) is 0. The fourth-order valence-corrected chi connectivity index (χ4v) is 0.877. The maximum absolute atomic E-state index is 12.9. The topological polar surface area (TPSA) is 86.1 Å². The molecule has 0 aromatic heterocycles. The highest BCUT2D eigenvalue weighted by Crippen LogP contribution is 2.27. The first kappa shape index (κ1) is 10.9. The molecule has 0 heterocycles. The molecule has 0 atom stereocenters. The van der Waals surface area contributed by atoms with Crippen molar-refractivity contribution >= 4 is 11.7 Å². The number of halogens is 3. The summed E-state index contributed by atoms with van der Waals surface area (Å²) in [7, 11) is 0. The monoisotopic (exact) mass is 217 g/mol. The Kier molecular flexibility index (Phi) is 2.82. The molecule has 0 aliphatic carbocycles. The molecule has 0 unspecified atom stereocenters. The number of nitrogens with zero attached hydrogens (tertiary/aromatic N) is 3. The molecule has 1 rings (SSSR count). The van der Waals surface area contributed by atoms with Crippen molar-refractivity contribution in [3.63, 3.8) is 0 Å². The van der Waals surface area contributed by atoms with Crippen molar-refractivity contribution in [1.29, 1.82) is 0 Å². The van der Waals surface area contributed by atoms with Gasteiger partial charge in [-0.25, -0.2) is 18.0 Å². The molecule has 0 bridgehead atoms. The number of hydrogen-bond donors (Lipinski definition) is 1. The quantitative estimate of drug-likeness (QED) is 0.357. The third kappa shape index (κ3) is 1.84. The molecule has 0 spiro atoms. The first-order valence-corrected chi connectivity index (χ1v) is 3.45. The van der Waals surface area contributed by atoms with Gasteiger partial charge in [-0.05, 0) is 11.6 Å². The van der Waals surface area contributed by atoms with Gasteiger partial charge in [0.05, 0.1) is 0 Å². The maximum atomic E-state index is 12.9. The minimum atomic E-state index is -1.83. The van der Waals surface area contributed by atoms with Gasteiger partial charge in [0.1, 0.15) is 17.1 Å². The summed E-state index contributed by atoms with van der Waals surface area (Å²) in [5.41, 5.74) is 5.56. The molecule has 15 heavy (non-hydrogen) atoms. The van der Waals surface area contributed by atoms with E-state index in [0.717, 1.165) is 0 Å². The summed E-state index contributed by atoms with van der Waals surface area (Å²) in [6, 6.07) is 0.241. The minimum Gasteiger partial charge on any atom is -0.478 e. The second-order valence-electron chi connectivity index (χ2n) is 2.38. The zero-order chi connectivity index (χ0) is 11.6. The number of carboxylic acid groups (broad SMARTS) is 1. The van der Waals surface area contributed by atoms with Gasteiger partial charge < -0.3 is 5.11 Å². The third-order valence-corrected chi connectivity index (χ3v) is 1.51. The van der Waals surface area contributed by atoms with Crippen LogP contribution in [0.1, 0.15) is 10.4 Å². The lowest BCUT2D eigenvalue weighted by atomic mass is 10.1. The molecule has 1 aromatic carbocycles. The van der Waals surface area contributed by atoms with Crippen LogP contribution in [0.3, 0.4) is 0 Å². The minimum absolute atomic E-state index is 0.241. The molecule has 0 fully saturated rings. The summed E-state index contributed by atoms with van der Waals surface area (Å²) in [5.74, 6) is -6.86. The van der Waals surface area contributed by atoms with Gasteiger partial charge in [0.2, 0.25) is 0 Å². The molecule has 0 aliphatic rings. The Morgan fingerprint density at radius 2 is 2.00 bits per heavy atom. The van der Waals surface area contributed by atoms with E-state index in [2.05, 4.69) is 10.0 Å². The number of aromatic carboxylic acids is 1. The van der Waals surface area contributed by atoms with E-state index in [0.29, 0.717) is 0 Å². The zero-order valence-corrected chi connectivity index (χ0v) is 6.91. The number of carboxylic acids is 1. The molecule has 0 saturated heterocycles. The summed E-state index contributed by atoms with van der Waals surface area (Å²) in [6.45, 7) is 0.